The summed E-state index contributed by atoms with van der Waals surface area (Å²) in [5, 5.41) is 11.5. The van der Waals surface area contributed by atoms with E-state index in [0.29, 0.717) is 24.2 Å². The molecule has 1 aromatic rings. The minimum Gasteiger partial charge on any atom is -0.491 e. The number of nitrogens with one attached hydrogen (secondary N) is 1. The summed E-state index contributed by atoms with van der Waals surface area (Å²) in [6.07, 6.45) is 1.36. The summed E-state index contributed by atoms with van der Waals surface area (Å²) in [7, 11) is 0. The maximum absolute atomic E-state index is 12.1. The summed E-state index contributed by atoms with van der Waals surface area (Å²) < 4.78 is 5.56. The van der Waals surface area contributed by atoms with Crippen molar-refractivity contribution >= 4 is 11.9 Å². The van der Waals surface area contributed by atoms with Crippen molar-refractivity contribution in [2.24, 2.45) is 0 Å². The molecule has 0 saturated heterocycles. The number of carbonyl (C=O) groups is 2. The number of hydrogen-bond donors (Lipinski definition) is 2. The molecule has 1 aromatic carbocycles. The lowest BCUT2D eigenvalue weighted by molar-refractivity contribution is -0.137. The molecule has 1 atom stereocenters. The van der Waals surface area contributed by atoms with Crippen LogP contribution in [0.1, 0.15) is 50.4 Å². The summed E-state index contributed by atoms with van der Waals surface area (Å²) in [6, 6.07) is 6.96. The number of benzene rings is 1. The first kappa shape index (κ1) is 17.0. The lowest BCUT2D eigenvalue weighted by Crippen LogP contribution is -2.32. The molecule has 1 amide bonds. The predicted molar refractivity (Wildman–Crippen MR) is 80.6 cm³/mol. The van der Waals surface area contributed by atoms with Crippen LogP contribution in [0.4, 0.5) is 0 Å². The smallest absolute Gasteiger partial charge is 0.303 e. The first-order chi connectivity index (χ1) is 9.88. The zero-order chi connectivity index (χ0) is 15.8. The quantitative estimate of drug-likeness (QED) is 0.772. The fourth-order valence-electron chi connectivity index (χ4n) is 1.92. The van der Waals surface area contributed by atoms with E-state index in [1.54, 1.807) is 18.2 Å². The van der Waals surface area contributed by atoms with Crippen LogP contribution in [-0.4, -0.2) is 29.1 Å². The van der Waals surface area contributed by atoms with E-state index in [9.17, 15) is 9.59 Å². The molecule has 0 aliphatic carbocycles. The van der Waals surface area contributed by atoms with E-state index in [1.807, 2.05) is 26.8 Å². The Balaban J connectivity index is 2.52. The number of carboxylic acid groups (broad SMARTS) is 1. The predicted octanol–water partition coefficient (Wildman–Crippen LogP) is 2.85. The highest BCUT2D eigenvalue weighted by Crippen LogP contribution is 2.15. The number of amides is 1. The van der Waals surface area contributed by atoms with E-state index in [4.69, 9.17) is 9.84 Å². The molecule has 0 saturated carbocycles. The Morgan fingerprint density at radius 3 is 2.62 bits per heavy atom. The third-order valence-corrected chi connectivity index (χ3v) is 2.87. The van der Waals surface area contributed by atoms with Crippen LogP contribution in [0.3, 0.4) is 0 Å². The Morgan fingerprint density at radius 1 is 1.29 bits per heavy atom. The molecule has 0 fully saturated rings. The van der Waals surface area contributed by atoms with Gasteiger partial charge in [0, 0.05) is 18.0 Å². The second-order valence-electron chi connectivity index (χ2n) is 5.35. The van der Waals surface area contributed by atoms with Crippen LogP contribution in [0.25, 0.3) is 0 Å². The number of aliphatic carboxylic acids is 1. The molecular formula is C16H23NO4. The largest absolute Gasteiger partial charge is 0.491 e. The molecule has 1 rings (SSSR count). The molecule has 0 bridgehead atoms. The highest BCUT2D eigenvalue weighted by molar-refractivity contribution is 5.94. The van der Waals surface area contributed by atoms with Crippen LogP contribution in [0.5, 0.6) is 5.75 Å². The molecule has 0 aliphatic heterocycles. The van der Waals surface area contributed by atoms with Crippen molar-refractivity contribution in [2.75, 3.05) is 0 Å². The van der Waals surface area contributed by atoms with Gasteiger partial charge in [-0.15, -0.1) is 0 Å². The summed E-state index contributed by atoms with van der Waals surface area (Å²) in [4.78, 5) is 22.6. The first-order valence-corrected chi connectivity index (χ1v) is 7.18. The van der Waals surface area contributed by atoms with E-state index in [-0.39, 0.29) is 24.5 Å². The van der Waals surface area contributed by atoms with Crippen molar-refractivity contribution in [1.29, 1.82) is 0 Å². The van der Waals surface area contributed by atoms with Gasteiger partial charge in [-0.2, -0.15) is 0 Å². The number of carbonyl (C=O) groups excluding carboxylic acids is 1. The molecule has 21 heavy (non-hydrogen) atoms. The van der Waals surface area contributed by atoms with E-state index in [2.05, 4.69) is 5.32 Å². The van der Waals surface area contributed by atoms with Crippen molar-refractivity contribution in [3.63, 3.8) is 0 Å². The van der Waals surface area contributed by atoms with Crippen LogP contribution >= 0.6 is 0 Å². The molecule has 5 nitrogen and oxygen atoms in total. The molecular weight excluding hydrogens is 270 g/mol. The lowest BCUT2D eigenvalue weighted by Gasteiger charge is -2.14. The second kappa shape index (κ2) is 8.29. The Labute approximate surface area is 125 Å². The molecule has 2 N–H and O–H groups in total. The monoisotopic (exact) mass is 293 g/mol. The number of ether oxygens (including phenoxy) is 1. The summed E-state index contributed by atoms with van der Waals surface area (Å²) in [5.41, 5.74) is 0.540. The molecule has 1 unspecified atom stereocenters. The van der Waals surface area contributed by atoms with E-state index >= 15 is 0 Å². The average molecular weight is 293 g/mol. The van der Waals surface area contributed by atoms with E-state index in [0.717, 1.165) is 0 Å². The van der Waals surface area contributed by atoms with Crippen LogP contribution in [0.15, 0.2) is 24.3 Å². The number of carboxylic acids is 1. The molecule has 0 aromatic heterocycles. The number of hydrogen-bond acceptors (Lipinski definition) is 3. The van der Waals surface area contributed by atoms with Gasteiger partial charge in [0.15, 0.2) is 0 Å². The first-order valence-electron chi connectivity index (χ1n) is 7.18. The van der Waals surface area contributed by atoms with Crippen LogP contribution < -0.4 is 10.1 Å². The summed E-state index contributed by atoms with van der Waals surface area (Å²) in [6.45, 7) is 5.72. The van der Waals surface area contributed by atoms with Crippen molar-refractivity contribution < 1.29 is 19.4 Å². The van der Waals surface area contributed by atoms with Crippen molar-refractivity contribution in [1.82, 2.24) is 5.32 Å². The Bertz CT molecular complexity index is 485. The van der Waals surface area contributed by atoms with E-state index in [1.165, 1.54) is 0 Å². The van der Waals surface area contributed by atoms with Gasteiger partial charge in [0.1, 0.15) is 5.75 Å². The van der Waals surface area contributed by atoms with Gasteiger partial charge in [0.25, 0.3) is 5.91 Å². The van der Waals surface area contributed by atoms with E-state index < -0.39 is 5.97 Å². The maximum Gasteiger partial charge on any atom is 0.303 e. The Morgan fingerprint density at radius 2 is 2.00 bits per heavy atom. The second-order valence-corrected chi connectivity index (χ2v) is 5.35. The van der Waals surface area contributed by atoms with Gasteiger partial charge in [-0.25, -0.2) is 0 Å². The zero-order valence-electron chi connectivity index (χ0n) is 12.8. The molecule has 0 heterocycles. The van der Waals surface area contributed by atoms with Crippen LogP contribution in [0.2, 0.25) is 0 Å². The molecule has 0 radical (unpaired) electrons. The van der Waals surface area contributed by atoms with Gasteiger partial charge in [0.2, 0.25) is 0 Å². The van der Waals surface area contributed by atoms with Gasteiger partial charge in [-0.05, 0) is 51.8 Å². The standard InChI is InChI=1S/C16H23NO4/c1-11(2)21-14-8-5-7-13(10-14)16(20)17-12(3)6-4-9-15(18)19/h5,7-8,10-12H,4,6,9H2,1-3H3,(H,17,20)(H,18,19). The molecule has 0 spiro atoms. The molecule has 5 heteroatoms. The zero-order valence-corrected chi connectivity index (χ0v) is 12.8. The fourth-order valence-corrected chi connectivity index (χ4v) is 1.92. The lowest BCUT2D eigenvalue weighted by atomic mass is 10.1. The van der Waals surface area contributed by atoms with Gasteiger partial charge in [0.05, 0.1) is 6.10 Å². The summed E-state index contributed by atoms with van der Waals surface area (Å²) in [5.74, 6) is -0.324. The van der Waals surface area contributed by atoms with Crippen molar-refractivity contribution in [3.05, 3.63) is 29.8 Å². The van der Waals surface area contributed by atoms with Crippen LogP contribution in [0, 0.1) is 0 Å². The van der Waals surface area contributed by atoms with Crippen molar-refractivity contribution in [2.45, 2.75) is 52.2 Å². The van der Waals surface area contributed by atoms with Crippen LogP contribution in [-0.2, 0) is 4.79 Å². The van der Waals surface area contributed by atoms with Gasteiger partial charge < -0.3 is 15.2 Å². The minimum absolute atomic E-state index is 0.0539. The van der Waals surface area contributed by atoms with Crippen molar-refractivity contribution in [3.8, 4) is 5.75 Å². The topological polar surface area (TPSA) is 75.6 Å². The SMILES string of the molecule is CC(CCCC(=O)O)NC(=O)c1cccc(OC(C)C)c1. The molecule has 116 valence electrons. The third kappa shape index (κ3) is 6.79. The Hall–Kier alpha value is -2.04. The maximum atomic E-state index is 12.1. The average Bonchev–Trinajstić information content (AvgIpc) is 2.37. The van der Waals surface area contributed by atoms with Gasteiger partial charge in [-0.1, -0.05) is 6.07 Å². The highest BCUT2D eigenvalue weighted by Gasteiger charge is 2.11. The third-order valence-electron chi connectivity index (χ3n) is 2.87. The fraction of sp³-hybridized carbons (Fsp3) is 0.500. The summed E-state index contributed by atoms with van der Waals surface area (Å²) >= 11 is 0. The Kier molecular flexibility index (Phi) is 6.72. The number of rotatable bonds is 8. The van der Waals surface area contributed by atoms with Gasteiger partial charge >= 0.3 is 5.97 Å². The van der Waals surface area contributed by atoms with Gasteiger partial charge in [-0.3, -0.25) is 9.59 Å². The normalized spacial score (nSPS) is 12.0. The molecule has 0 aliphatic rings. The minimum atomic E-state index is -0.813. The highest BCUT2D eigenvalue weighted by atomic mass is 16.5.